The van der Waals surface area contributed by atoms with Gasteiger partial charge in [0.15, 0.2) is 6.61 Å². The second-order valence-corrected chi connectivity index (χ2v) is 7.76. The molecule has 2 N–H and O–H groups in total. The molecule has 0 saturated heterocycles. The van der Waals surface area contributed by atoms with Gasteiger partial charge in [-0.25, -0.2) is 9.59 Å². The summed E-state index contributed by atoms with van der Waals surface area (Å²) >= 11 is 11.7. The Morgan fingerprint density at radius 2 is 1.87 bits per heavy atom. The number of rotatable bonds is 7. The molecule has 1 aromatic heterocycles. The lowest BCUT2D eigenvalue weighted by molar-refractivity contribution is -0.136. The summed E-state index contributed by atoms with van der Waals surface area (Å²) in [6.45, 7) is 3.25. The number of nitrogen functional groups attached to an aromatic ring is 1. The fourth-order valence-electron chi connectivity index (χ4n) is 2.62. The number of nitrogens with two attached hydrogens (primary N) is 1. The molecule has 2 rings (SSSR count). The molecule has 0 aliphatic carbocycles. The summed E-state index contributed by atoms with van der Waals surface area (Å²) in [5, 5.41) is 0.699. The van der Waals surface area contributed by atoms with Gasteiger partial charge in [0.25, 0.3) is 5.56 Å². The van der Waals surface area contributed by atoms with Gasteiger partial charge in [0.1, 0.15) is 11.4 Å². The number of ether oxygens (including phenoxy) is 1. The lowest BCUT2D eigenvalue weighted by atomic mass is 10.1. The number of Topliss-reactive ketones (excluding diaryl/α,β-unsaturated/α-hetero) is 1. The zero-order valence-electron chi connectivity index (χ0n) is 16.6. The quantitative estimate of drug-likeness (QED) is 0.391. The molecule has 2 aromatic rings. The Kier molecular flexibility index (Phi) is 7.64. The Balaban J connectivity index is 2.17. The van der Waals surface area contributed by atoms with Crippen molar-refractivity contribution in [3.63, 3.8) is 0 Å². The van der Waals surface area contributed by atoms with Crippen LogP contribution in [-0.2, 0) is 23.1 Å². The van der Waals surface area contributed by atoms with E-state index in [0.29, 0.717) is 15.6 Å². The second-order valence-electron chi connectivity index (χ2n) is 6.95. The maximum Gasteiger partial charge on any atom is 0.332 e. The Labute approximate surface area is 182 Å². The fourth-order valence-corrected chi connectivity index (χ4v) is 2.93. The number of ketones is 1. The molecule has 0 radical (unpaired) electrons. The van der Waals surface area contributed by atoms with Gasteiger partial charge in [-0.05, 0) is 29.7 Å². The molecule has 0 saturated carbocycles. The van der Waals surface area contributed by atoms with Crippen LogP contribution in [0.3, 0.4) is 0 Å². The average Bonchev–Trinajstić information content (AvgIpc) is 2.69. The van der Waals surface area contributed by atoms with Gasteiger partial charge in [0.2, 0.25) is 5.78 Å². The maximum atomic E-state index is 12.5. The summed E-state index contributed by atoms with van der Waals surface area (Å²) in [7, 11) is 1.25. The third-order valence-electron chi connectivity index (χ3n) is 4.11. The number of esters is 1. The smallest absolute Gasteiger partial charge is 0.332 e. The van der Waals surface area contributed by atoms with E-state index in [1.807, 2.05) is 13.8 Å². The van der Waals surface area contributed by atoms with E-state index in [2.05, 4.69) is 0 Å². The van der Waals surface area contributed by atoms with Gasteiger partial charge in [-0.1, -0.05) is 43.1 Å². The summed E-state index contributed by atoms with van der Waals surface area (Å²) in [5.41, 5.74) is 4.67. The lowest BCUT2D eigenvalue weighted by Gasteiger charge is -2.16. The van der Waals surface area contributed by atoms with E-state index in [-0.39, 0.29) is 23.8 Å². The van der Waals surface area contributed by atoms with E-state index in [1.165, 1.54) is 13.1 Å². The molecule has 8 nitrogen and oxygen atoms in total. The number of aromatic nitrogens is 2. The van der Waals surface area contributed by atoms with Crippen molar-refractivity contribution in [1.29, 1.82) is 0 Å². The largest absolute Gasteiger partial charge is 0.454 e. The topological polar surface area (TPSA) is 113 Å². The predicted molar refractivity (Wildman–Crippen MR) is 116 cm³/mol. The van der Waals surface area contributed by atoms with Crippen molar-refractivity contribution in [3.8, 4) is 0 Å². The van der Waals surface area contributed by atoms with E-state index in [9.17, 15) is 19.2 Å². The summed E-state index contributed by atoms with van der Waals surface area (Å²) in [6.07, 6.45) is 2.54. The lowest BCUT2D eigenvalue weighted by Crippen LogP contribution is -2.43. The summed E-state index contributed by atoms with van der Waals surface area (Å²) < 4.78 is 6.87. The number of benzene rings is 1. The minimum atomic E-state index is -0.843. The van der Waals surface area contributed by atoms with Gasteiger partial charge in [-0.3, -0.25) is 18.7 Å². The number of anilines is 1. The first-order chi connectivity index (χ1) is 14.0. The molecular formula is C20H21Cl2N3O5. The SMILES string of the molecule is CC(C)Cn1c(N)c(C(=O)COC(=O)/C=C/c2ccc(Cl)c(Cl)c2)c(=O)n(C)c1=O. The van der Waals surface area contributed by atoms with E-state index in [0.717, 1.165) is 15.2 Å². The number of nitrogens with zero attached hydrogens (tertiary/aromatic N) is 2. The molecule has 1 aromatic carbocycles. The van der Waals surface area contributed by atoms with E-state index < -0.39 is 29.6 Å². The Hall–Kier alpha value is -2.84. The fraction of sp³-hybridized carbons (Fsp3) is 0.300. The first-order valence-electron chi connectivity index (χ1n) is 8.95. The molecule has 0 bridgehead atoms. The van der Waals surface area contributed by atoms with Crippen LogP contribution in [-0.4, -0.2) is 27.5 Å². The first kappa shape index (κ1) is 23.4. The van der Waals surface area contributed by atoms with E-state index >= 15 is 0 Å². The average molecular weight is 454 g/mol. The van der Waals surface area contributed by atoms with Crippen molar-refractivity contribution in [1.82, 2.24) is 9.13 Å². The summed E-state index contributed by atoms with van der Waals surface area (Å²) in [5.74, 6) is -1.80. The molecule has 0 spiro atoms. The van der Waals surface area contributed by atoms with Crippen molar-refractivity contribution in [2.45, 2.75) is 20.4 Å². The van der Waals surface area contributed by atoms with Crippen LogP contribution >= 0.6 is 23.2 Å². The minimum absolute atomic E-state index is 0.0507. The molecule has 0 amide bonds. The Morgan fingerprint density at radius 3 is 2.47 bits per heavy atom. The molecule has 0 aliphatic heterocycles. The van der Waals surface area contributed by atoms with Crippen molar-refractivity contribution in [2.24, 2.45) is 13.0 Å². The number of carbonyl (C=O) groups excluding carboxylic acids is 2. The van der Waals surface area contributed by atoms with E-state index in [1.54, 1.807) is 18.2 Å². The Morgan fingerprint density at radius 1 is 1.20 bits per heavy atom. The van der Waals surface area contributed by atoms with Crippen LogP contribution in [0.4, 0.5) is 5.82 Å². The molecule has 30 heavy (non-hydrogen) atoms. The van der Waals surface area contributed by atoms with Crippen LogP contribution in [0, 0.1) is 5.92 Å². The van der Waals surface area contributed by atoms with Crippen molar-refractivity contribution in [3.05, 3.63) is 66.3 Å². The monoisotopic (exact) mass is 453 g/mol. The molecular weight excluding hydrogens is 433 g/mol. The van der Waals surface area contributed by atoms with Crippen LogP contribution in [0.5, 0.6) is 0 Å². The van der Waals surface area contributed by atoms with Crippen molar-refractivity contribution < 1.29 is 14.3 Å². The number of halogens is 2. The highest BCUT2D eigenvalue weighted by atomic mass is 35.5. The van der Waals surface area contributed by atoms with Crippen molar-refractivity contribution in [2.75, 3.05) is 12.3 Å². The van der Waals surface area contributed by atoms with E-state index in [4.69, 9.17) is 33.7 Å². The minimum Gasteiger partial charge on any atom is -0.454 e. The van der Waals surface area contributed by atoms with Crippen LogP contribution in [0.15, 0.2) is 33.9 Å². The highest BCUT2D eigenvalue weighted by molar-refractivity contribution is 6.42. The maximum absolute atomic E-state index is 12.5. The number of hydrogen-bond acceptors (Lipinski definition) is 6. The Bertz CT molecular complexity index is 1130. The van der Waals surface area contributed by atoms with Gasteiger partial charge >= 0.3 is 11.7 Å². The molecule has 0 atom stereocenters. The third-order valence-corrected chi connectivity index (χ3v) is 4.85. The molecule has 0 fully saturated rings. The zero-order chi connectivity index (χ0) is 22.6. The molecule has 0 aliphatic rings. The third kappa shape index (κ3) is 5.40. The normalized spacial score (nSPS) is 11.3. The zero-order valence-corrected chi connectivity index (χ0v) is 18.2. The van der Waals surface area contributed by atoms with Gasteiger partial charge in [-0.15, -0.1) is 0 Å². The van der Waals surface area contributed by atoms with Gasteiger partial charge in [0.05, 0.1) is 10.0 Å². The standard InChI is InChI=1S/C20H21Cl2N3O5/c1-11(2)9-25-18(23)17(19(28)24(3)20(25)29)15(26)10-30-16(27)7-5-12-4-6-13(21)14(22)8-12/h4-8,11H,9-10,23H2,1-3H3/b7-5+. The van der Waals surface area contributed by atoms with Crippen LogP contribution in [0.2, 0.25) is 10.0 Å². The molecule has 1 heterocycles. The van der Waals surface area contributed by atoms with Gasteiger partial charge in [0, 0.05) is 19.7 Å². The van der Waals surface area contributed by atoms with Crippen molar-refractivity contribution >= 4 is 46.8 Å². The number of hydrogen-bond donors (Lipinski definition) is 1. The van der Waals surface area contributed by atoms with Crippen LogP contribution < -0.4 is 17.0 Å². The number of carbonyl (C=O) groups is 2. The highest BCUT2D eigenvalue weighted by Crippen LogP contribution is 2.23. The summed E-state index contributed by atoms with van der Waals surface area (Å²) in [6, 6.07) is 4.77. The van der Waals surface area contributed by atoms with Crippen LogP contribution in [0.25, 0.3) is 6.08 Å². The highest BCUT2D eigenvalue weighted by Gasteiger charge is 2.22. The molecule has 0 unspecified atom stereocenters. The second kappa shape index (κ2) is 9.77. The molecule has 10 heteroatoms. The van der Waals surface area contributed by atoms with Crippen LogP contribution in [0.1, 0.15) is 29.8 Å². The van der Waals surface area contributed by atoms with Gasteiger partial charge in [-0.2, -0.15) is 0 Å². The first-order valence-corrected chi connectivity index (χ1v) is 9.70. The molecule has 160 valence electrons. The summed E-state index contributed by atoms with van der Waals surface area (Å²) in [4.78, 5) is 49.1. The van der Waals surface area contributed by atoms with Gasteiger partial charge < -0.3 is 10.5 Å². The predicted octanol–water partition coefficient (Wildman–Crippen LogP) is 2.53.